The number of amides is 1. The Labute approximate surface area is 247 Å². The van der Waals surface area contributed by atoms with Crippen LogP contribution in [0.2, 0.25) is 0 Å². The van der Waals surface area contributed by atoms with Crippen LogP contribution in [0.25, 0.3) is 22.6 Å². The number of aromatic nitrogens is 5. The number of rotatable bonds is 9. The molecule has 222 valence electrons. The van der Waals surface area contributed by atoms with E-state index >= 15 is 0 Å². The van der Waals surface area contributed by atoms with Crippen molar-refractivity contribution in [2.75, 3.05) is 44.6 Å². The van der Waals surface area contributed by atoms with Gasteiger partial charge in [0.1, 0.15) is 28.5 Å². The topological polar surface area (TPSA) is 119 Å². The molecule has 5 aromatic rings. The first-order valence-electron chi connectivity index (χ1n) is 13.9. The Morgan fingerprint density at radius 3 is 2.47 bits per heavy atom. The molecule has 4 heterocycles. The van der Waals surface area contributed by atoms with Gasteiger partial charge in [-0.3, -0.25) is 9.48 Å². The van der Waals surface area contributed by atoms with Crippen molar-refractivity contribution in [3.8, 4) is 23.0 Å². The number of benzene rings is 2. The van der Waals surface area contributed by atoms with Crippen molar-refractivity contribution in [1.29, 1.82) is 0 Å². The number of carbonyl (C=O) groups is 1. The van der Waals surface area contributed by atoms with Gasteiger partial charge >= 0.3 is 0 Å². The minimum absolute atomic E-state index is 0.177. The quantitative estimate of drug-likeness (QED) is 0.251. The summed E-state index contributed by atoms with van der Waals surface area (Å²) in [6.07, 6.45) is 3.72. The predicted octanol–water partition coefficient (Wildman–Crippen LogP) is 4.89. The van der Waals surface area contributed by atoms with Gasteiger partial charge in [0.2, 0.25) is 0 Å². The number of imidazole rings is 1. The molecule has 0 aliphatic carbocycles. The maximum Gasteiger partial charge on any atom is 0.258 e. The fraction of sp³-hybridized carbons (Fsp3) is 0.290. The van der Waals surface area contributed by atoms with Gasteiger partial charge in [0.25, 0.3) is 5.91 Å². The summed E-state index contributed by atoms with van der Waals surface area (Å²) in [5.74, 6) is 1.79. The van der Waals surface area contributed by atoms with E-state index in [0.29, 0.717) is 40.7 Å². The third kappa shape index (κ3) is 6.00. The highest BCUT2D eigenvalue weighted by Gasteiger charge is 2.21. The summed E-state index contributed by atoms with van der Waals surface area (Å²) in [6, 6.07) is 15.9. The molecule has 1 aliphatic rings. The normalized spacial score (nSPS) is 13.8. The van der Waals surface area contributed by atoms with E-state index in [-0.39, 0.29) is 17.5 Å². The van der Waals surface area contributed by atoms with E-state index in [4.69, 9.17) is 14.2 Å². The Hall–Kier alpha value is -4.97. The maximum absolute atomic E-state index is 14.8. The van der Waals surface area contributed by atoms with Crippen LogP contribution >= 0.6 is 0 Å². The van der Waals surface area contributed by atoms with Gasteiger partial charge in [-0.05, 0) is 42.7 Å². The Bertz CT molecular complexity index is 1730. The molecule has 0 radical (unpaired) electrons. The van der Waals surface area contributed by atoms with Crippen LogP contribution in [0.4, 0.5) is 16.0 Å². The van der Waals surface area contributed by atoms with E-state index in [1.807, 2.05) is 30.3 Å². The SMILES string of the molecule is COc1ccc(Cn2nc(NC(=O)c3ccc(N4CCC(OC)CC4)nc3)cc2-c2nc3c(F)cc(OC)cc3[nH]2)cc1. The summed E-state index contributed by atoms with van der Waals surface area (Å²) in [5, 5.41) is 7.53. The molecule has 1 fully saturated rings. The monoisotopic (exact) mass is 585 g/mol. The van der Waals surface area contributed by atoms with Gasteiger partial charge in [-0.2, -0.15) is 5.10 Å². The molecule has 0 saturated carbocycles. The number of H-pyrrole nitrogens is 1. The molecular weight excluding hydrogens is 553 g/mol. The number of hydrogen-bond acceptors (Lipinski definition) is 8. The molecule has 43 heavy (non-hydrogen) atoms. The zero-order valence-electron chi connectivity index (χ0n) is 24.1. The van der Waals surface area contributed by atoms with Crippen molar-refractivity contribution < 1.29 is 23.4 Å². The molecule has 6 rings (SSSR count). The third-order valence-corrected chi connectivity index (χ3v) is 7.61. The number of pyridine rings is 1. The van der Waals surface area contributed by atoms with Crippen molar-refractivity contribution in [3.05, 3.63) is 77.7 Å². The number of halogens is 1. The highest BCUT2D eigenvalue weighted by atomic mass is 19.1. The van der Waals surface area contributed by atoms with E-state index in [2.05, 4.69) is 30.3 Å². The average molecular weight is 586 g/mol. The van der Waals surface area contributed by atoms with Gasteiger partial charge < -0.3 is 29.4 Å². The summed E-state index contributed by atoms with van der Waals surface area (Å²) in [6.45, 7) is 2.07. The van der Waals surface area contributed by atoms with E-state index in [9.17, 15) is 9.18 Å². The Morgan fingerprint density at radius 2 is 1.79 bits per heavy atom. The van der Waals surface area contributed by atoms with Crippen molar-refractivity contribution in [1.82, 2.24) is 24.7 Å². The first-order valence-corrected chi connectivity index (χ1v) is 13.9. The molecule has 2 N–H and O–H groups in total. The van der Waals surface area contributed by atoms with Crippen molar-refractivity contribution >= 4 is 28.6 Å². The van der Waals surface area contributed by atoms with Crippen molar-refractivity contribution in [3.63, 3.8) is 0 Å². The number of carbonyl (C=O) groups excluding carboxylic acids is 1. The number of piperidine rings is 1. The lowest BCUT2D eigenvalue weighted by Crippen LogP contribution is -2.37. The Kier molecular flexibility index (Phi) is 7.93. The van der Waals surface area contributed by atoms with E-state index in [0.717, 1.165) is 43.1 Å². The molecule has 2 aromatic carbocycles. The van der Waals surface area contributed by atoms with Gasteiger partial charge in [-0.1, -0.05) is 12.1 Å². The van der Waals surface area contributed by atoms with Crippen molar-refractivity contribution in [2.45, 2.75) is 25.5 Å². The lowest BCUT2D eigenvalue weighted by molar-refractivity contribution is 0.0818. The van der Waals surface area contributed by atoms with Crippen LogP contribution in [-0.2, 0) is 11.3 Å². The summed E-state index contributed by atoms with van der Waals surface area (Å²) in [7, 11) is 4.83. The number of ether oxygens (including phenoxy) is 3. The molecule has 1 aliphatic heterocycles. The summed E-state index contributed by atoms with van der Waals surface area (Å²) < 4.78 is 32.4. The second-order valence-corrected chi connectivity index (χ2v) is 10.3. The van der Waals surface area contributed by atoms with Gasteiger partial charge in [0.15, 0.2) is 17.5 Å². The summed E-state index contributed by atoms with van der Waals surface area (Å²) >= 11 is 0. The number of hydrogen-bond donors (Lipinski definition) is 2. The summed E-state index contributed by atoms with van der Waals surface area (Å²) in [5.41, 5.74) is 2.57. The summed E-state index contributed by atoms with van der Waals surface area (Å²) in [4.78, 5) is 27.6. The second-order valence-electron chi connectivity index (χ2n) is 10.3. The first kappa shape index (κ1) is 28.2. The molecule has 12 heteroatoms. The smallest absolute Gasteiger partial charge is 0.258 e. The van der Waals surface area contributed by atoms with E-state index in [1.165, 1.54) is 13.2 Å². The predicted molar refractivity (Wildman–Crippen MR) is 160 cm³/mol. The van der Waals surface area contributed by atoms with Gasteiger partial charge in [0.05, 0.1) is 37.9 Å². The number of nitrogens with zero attached hydrogens (tertiary/aromatic N) is 5. The van der Waals surface area contributed by atoms with E-state index in [1.54, 1.807) is 43.3 Å². The number of aromatic amines is 1. The van der Waals surface area contributed by atoms with Crippen LogP contribution in [0.5, 0.6) is 11.5 Å². The average Bonchev–Trinajstić information content (AvgIpc) is 3.65. The van der Waals surface area contributed by atoms with Gasteiger partial charge in [0, 0.05) is 44.6 Å². The minimum Gasteiger partial charge on any atom is -0.497 e. The molecule has 1 amide bonds. The fourth-order valence-electron chi connectivity index (χ4n) is 5.20. The number of nitrogens with one attached hydrogen (secondary N) is 2. The number of fused-ring (bicyclic) bond motifs is 1. The minimum atomic E-state index is -0.509. The first-order chi connectivity index (χ1) is 20.9. The molecule has 0 spiro atoms. The largest absolute Gasteiger partial charge is 0.497 e. The molecule has 0 unspecified atom stereocenters. The molecule has 0 atom stereocenters. The van der Waals surface area contributed by atoms with Crippen LogP contribution < -0.4 is 19.7 Å². The van der Waals surface area contributed by atoms with Crippen molar-refractivity contribution in [2.24, 2.45) is 0 Å². The van der Waals surface area contributed by atoms with Gasteiger partial charge in [-0.15, -0.1) is 0 Å². The Balaban J connectivity index is 1.26. The fourth-order valence-corrected chi connectivity index (χ4v) is 5.20. The highest BCUT2D eigenvalue weighted by molar-refractivity contribution is 6.03. The second kappa shape index (κ2) is 12.1. The molecule has 1 saturated heterocycles. The standard InChI is InChI=1S/C31H32FN7O4/c1-41-21-7-4-19(5-8-21)18-39-26(30-34-25-15-23(43-3)14-24(32)29(25)36-30)16-27(37-39)35-31(40)20-6-9-28(33-17-20)38-12-10-22(42-2)11-13-38/h4-9,14-17,22H,10-13,18H2,1-3H3,(H,34,36)(H,35,37,40). The highest BCUT2D eigenvalue weighted by Crippen LogP contribution is 2.29. The third-order valence-electron chi connectivity index (χ3n) is 7.61. The molecule has 3 aromatic heterocycles. The van der Waals surface area contributed by atoms with Gasteiger partial charge in [-0.25, -0.2) is 14.4 Å². The lowest BCUT2D eigenvalue weighted by Gasteiger charge is -2.32. The number of methoxy groups -OCH3 is 3. The van der Waals surface area contributed by atoms with Crippen LogP contribution in [-0.4, -0.2) is 71.2 Å². The zero-order valence-corrected chi connectivity index (χ0v) is 24.1. The molecule has 0 bridgehead atoms. The van der Waals surface area contributed by atoms with Crippen LogP contribution in [0.1, 0.15) is 28.8 Å². The Morgan fingerprint density at radius 1 is 1.02 bits per heavy atom. The molecular formula is C31H32FN7O4. The lowest BCUT2D eigenvalue weighted by atomic mass is 10.1. The molecule has 11 nitrogen and oxygen atoms in total. The number of anilines is 2. The van der Waals surface area contributed by atoms with Crippen LogP contribution in [0.15, 0.2) is 60.8 Å². The zero-order chi connectivity index (χ0) is 29.9. The van der Waals surface area contributed by atoms with Crippen LogP contribution in [0.3, 0.4) is 0 Å². The maximum atomic E-state index is 14.8. The van der Waals surface area contributed by atoms with Crippen LogP contribution in [0, 0.1) is 5.82 Å². The van der Waals surface area contributed by atoms with E-state index < -0.39 is 5.82 Å².